The molecule has 1 aromatic carbocycles. The molecule has 1 atom stereocenters. The summed E-state index contributed by atoms with van der Waals surface area (Å²) in [4.78, 5) is 30.1. The molecule has 25 heavy (non-hydrogen) atoms. The lowest BCUT2D eigenvalue weighted by atomic mass is 9.88. The van der Waals surface area contributed by atoms with E-state index in [1.54, 1.807) is 6.92 Å². The van der Waals surface area contributed by atoms with Gasteiger partial charge in [0.05, 0.1) is 11.8 Å². The minimum Gasteiger partial charge on any atom is -0.349 e. The minimum absolute atomic E-state index is 0.0161. The average molecular weight is 354 g/mol. The van der Waals surface area contributed by atoms with E-state index < -0.39 is 5.69 Å². The van der Waals surface area contributed by atoms with Gasteiger partial charge in [-0.25, -0.2) is 4.79 Å². The van der Waals surface area contributed by atoms with Crippen LogP contribution >= 0.6 is 11.8 Å². The number of carbonyl (C=O) groups is 1. The molecule has 1 aliphatic rings. The number of rotatable bonds is 4. The number of benzene rings is 1. The van der Waals surface area contributed by atoms with Crippen molar-refractivity contribution < 1.29 is 4.79 Å². The first-order valence-corrected chi connectivity index (χ1v) is 9.08. The number of carbonyl (C=O) groups excluding carboxylic acids is 1. The molecule has 128 valence electrons. The maximum Gasteiger partial charge on any atom is 0.346 e. The fourth-order valence-corrected chi connectivity index (χ4v) is 3.91. The number of hydrogen-bond acceptors (Lipinski definition) is 5. The number of amides is 1. The van der Waals surface area contributed by atoms with Gasteiger partial charge in [0, 0.05) is 5.69 Å². The normalized spacial score (nSPS) is 15.9. The molecular weight excluding hydrogens is 336 g/mol. The lowest BCUT2D eigenvalue weighted by Crippen LogP contribution is -2.32. The van der Waals surface area contributed by atoms with E-state index in [1.165, 1.54) is 11.1 Å². The van der Waals surface area contributed by atoms with E-state index >= 15 is 0 Å². The molecule has 1 heterocycles. The van der Waals surface area contributed by atoms with E-state index in [0.717, 1.165) is 31.0 Å². The highest BCUT2D eigenvalue weighted by Gasteiger charge is 2.21. The summed E-state index contributed by atoms with van der Waals surface area (Å²) in [5.74, 6) is -0.0150. The van der Waals surface area contributed by atoms with Crippen LogP contribution in [0.15, 0.2) is 34.1 Å². The summed E-state index contributed by atoms with van der Waals surface area (Å²) in [7, 11) is 0. The number of aryl methyl sites for hydroxylation is 2. The summed E-state index contributed by atoms with van der Waals surface area (Å²) in [6, 6.07) is 10.2. The molecular formula is C18H18N4O2S. The minimum atomic E-state index is -0.513. The van der Waals surface area contributed by atoms with Crippen LogP contribution in [0.4, 0.5) is 0 Å². The number of fused-ring (bicyclic) bond motifs is 1. The summed E-state index contributed by atoms with van der Waals surface area (Å²) in [6.45, 7) is 1.64. The van der Waals surface area contributed by atoms with Crippen LogP contribution in [0.2, 0.25) is 0 Å². The van der Waals surface area contributed by atoms with Gasteiger partial charge in [0.1, 0.15) is 16.7 Å². The second-order valence-corrected chi connectivity index (χ2v) is 6.92. The van der Waals surface area contributed by atoms with Gasteiger partial charge in [-0.1, -0.05) is 36.0 Å². The Balaban J connectivity index is 1.67. The van der Waals surface area contributed by atoms with Crippen LogP contribution in [0, 0.1) is 18.3 Å². The van der Waals surface area contributed by atoms with E-state index in [1.807, 2.05) is 18.2 Å². The summed E-state index contributed by atoms with van der Waals surface area (Å²) in [5.41, 5.74) is 2.72. The third kappa shape index (κ3) is 3.91. The third-order valence-corrected chi connectivity index (χ3v) is 5.22. The first-order valence-electron chi connectivity index (χ1n) is 8.09. The van der Waals surface area contributed by atoms with E-state index in [2.05, 4.69) is 27.4 Å². The Morgan fingerprint density at radius 1 is 1.48 bits per heavy atom. The molecule has 0 saturated heterocycles. The zero-order chi connectivity index (χ0) is 17.8. The molecule has 1 unspecified atom stereocenters. The van der Waals surface area contributed by atoms with Crippen molar-refractivity contribution in [1.82, 2.24) is 15.3 Å². The molecule has 7 heteroatoms. The molecule has 0 spiro atoms. The topological polar surface area (TPSA) is 98.6 Å². The molecule has 6 nitrogen and oxygen atoms in total. The Hall–Kier alpha value is -2.59. The van der Waals surface area contributed by atoms with Crippen LogP contribution < -0.4 is 11.0 Å². The van der Waals surface area contributed by atoms with Crippen molar-refractivity contribution in [2.75, 3.05) is 5.75 Å². The van der Waals surface area contributed by atoms with Crippen LogP contribution in [0.3, 0.4) is 0 Å². The monoisotopic (exact) mass is 354 g/mol. The molecule has 0 saturated carbocycles. The molecule has 1 aromatic heterocycles. The zero-order valence-electron chi connectivity index (χ0n) is 13.8. The molecule has 3 rings (SSSR count). The van der Waals surface area contributed by atoms with Gasteiger partial charge in [-0.3, -0.25) is 4.79 Å². The number of hydrogen-bond donors (Lipinski definition) is 2. The van der Waals surface area contributed by atoms with Gasteiger partial charge in [0.25, 0.3) is 0 Å². The molecule has 1 aliphatic carbocycles. The summed E-state index contributed by atoms with van der Waals surface area (Å²) >= 11 is 1.11. The highest BCUT2D eigenvalue weighted by Crippen LogP contribution is 2.29. The second-order valence-electron chi connectivity index (χ2n) is 5.96. The number of aromatic amines is 1. The average Bonchev–Trinajstić information content (AvgIpc) is 2.60. The number of nitrogens with zero attached hydrogens (tertiary/aromatic N) is 2. The van der Waals surface area contributed by atoms with Gasteiger partial charge in [-0.2, -0.15) is 10.2 Å². The largest absolute Gasteiger partial charge is 0.349 e. The summed E-state index contributed by atoms with van der Waals surface area (Å²) in [5, 5.41) is 12.5. The zero-order valence-corrected chi connectivity index (χ0v) is 14.7. The smallest absolute Gasteiger partial charge is 0.346 e. The predicted molar refractivity (Wildman–Crippen MR) is 95.3 cm³/mol. The molecule has 1 amide bonds. The summed E-state index contributed by atoms with van der Waals surface area (Å²) < 4.78 is 0. The van der Waals surface area contributed by atoms with Crippen molar-refractivity contribution in [2.45, 2.75) is 37.3 Å². The van der Waals surface area contributed by atoms with Crippen molar-refractivity contribution in [2.24, 2.45) is 0 Å². The van der Waals surface area contributed by atoms with Crippen molar-refractivity contribution in [1.29, 1.82) is 5.26 Å². The van der Waals surface area contributed by atoms with Gasteiger partial charge in [0.15, 0.2) is 0 Å². The third-order valence-electron chi connectivity index (χ3n) is 4.24. The van der Waals surface area contributed by atoms with Crippen molar-refractivity contribution >= 4 is 17.7 Å². The van der Waals surface area contributed by atoms with E-state index in [0.29, 0.717) is 16.3 Å². The fraction of sp³-hybridized carbons (Fsp3) is 0.333. The van der Waals surface area contributed by atoms with Crippen LogP contribution in [-0.2, 0) is 11.2 Å². The van der Waals surface area contributed by atoms with Gasteiger partial charge in [-0.15, -0.1) is 0 Å². The van der Waals surface area contributed by atoms with Crippen molar-refractivity contribution in [3.63, 3.8) is 0 Å². The maximum atomic E-state index is 12.3. The van der Waals surface area contributed by atoms with Crippen molar-refractivity contribution in [3.8, 4) is 6.07 Å². The van der Waals surface area contributed by atoms with Gasteiger partial charge < -0.3 is 10.3 Å². The first kappa shape index (κ1) is 17.2. The molecule has 0 radical (unpaired) electrons. The fourth-order valence-electron chi connectivity index (χ4n) is 3.07. The van der Waals surface area contributed by atoms with E-state index in [9.17, 15) is 14.9 Å². The van der Waals surface area contributed by atoms with Crippen LogP contribution in [0.5, 0.6) is 0 Å². The Kier molecular flexibility index (Phi) is 5.19. The highest BCUT2D eigenvalue weighted by molar-refractivity contribution is 8.00. The summed E-state index contributed by atoms with van der Waals surface area (Å²) in [6.07, 6.45) is 3.00. The Morgan fingerprint density at radius 3 is 3.08 bits per heavy atom. The number of thioether (sulfide) groups is 1. The second kappa shape index (κ2) is 7.53. The van der Waals surface area contributed by atoms with Gasteiger partial charge in [0.2, 0.25) is 5.91 Å². The van der Waals surface area contributed by atoms with Crippen LogP contribution in [-0.4, -0.2) is 21.6 Å². The standard InChI is InChI=1S/C18H18N4O2S/c1-11-14(9-19)17(22-18(24)20-11)25-10-16(23)21-15-8-4-6-12-5-2-3-7-13(12)15/h2-3,5,7,15H,4,6,8,10H2,1H3,(H,21,23)(H,20,22,24). The number of nitrogens with one attached hydrogen (secondary N) is 2. The molecule has 2 N–H and O–H groups in total. The number of aromatic nitrogens is 2. The Morgan fingerprint density at radius 2 is 2.28 bits per heavy atom. The molecule has 0 fully saturated rings. The Bertz CT molecular complexity index is 901. The highest BCUT2D eigenvalue weighted by atomic mass is 32.2. The predicted octanol–water partition coefficient (Wildman–Crippen LogP) is 2.24. The Labute approximate surface area is 149 Å². The van der Waals surface area contributed by atoms with Crippen molar-refractivity contribution in [3.05, 3.63) is 57.1 Å². The number of H-pyrrole nitrogens is 1. The lowest BCUT2D eigenvalue weighted by molar-refractivity contribution is -0.119. The number of nitriles is 1. The maximum absolute atomic E-state index is 12.3. The quantitative estimate of drug-likeness (QED) is 0.648. The molecule has 0 bridgehead atoms. The van der Waals surface area contributed by atoms with Gasteiger partial charge >= 0.3 is 5.69 Å². The lowest BCUT2D eigenvalue weighted by Gasteiger charge is -2.26. The van der Waals surface area contributed by atoms with Crippen LogP contribution in [0.1, 0.15) is 41.3 Å². The van der Waals surface area contributed by atoms with E-state index in [-0.39, 0.29) is 17.7 Å². The SMILES string of the molecule is Cc1[nH]c(=O)nc(SCC(=O)NC2CCCc3ccccc32)c1C#N. The van der Waals surface area contributed by atoms with E-state index in [4.69, 9.17) is 0 Å². The van der Waals surface area contributed by atoms with Crippen LogP contribution in [0.25, 0.3) is 0 Å². The molecule has 2 aromatic rings. The molecule has 0 aliphatic heterocycles. The first-order chi connectivity index (χ1) is 12.1. The van der Waals surface area contributed by atoms with Gasteiger partial charge in [-0.05, 0) is 37.3 Å².